The highest BCUT2D eigenvalue weighted by Gasteiger charge is 2.25. The first kappa shape index (κ1) is 16.7. The average molecular weight is 298 g/mol. The van der Waals surface area contributed by atoms with Crippen molar-refractivity contribution >= 4 is 29.1 Å². The van der Waals surface area contributed by atoms with Crippen molar-refractivity contribution < 1.29 is 14.3 Å². The number of halogens is 1. The first-order valence-electron chi connectivity index (χ1n) is 6.64. The van der Waals surface area contributed by atoms with Gasteiger partial charge in [0.1, 0.15) is 12.5 Å². The summed E-state index contributed by atoms with van der Waals surface area (Å²) in [4.78, 5) is 25.4. The van der Waals surface area contributed by atoms with E-state index in [4.69, 9.17) is 16.3 Å². The molecular weight excluding hydrogens is 278 g/mol. The first-order chi connectivity index (χ1) is 9.56. The van der Waals surface area contributed by atoms with Crippen LogP contribution in [0.2, 0.25) is 0 Å². The molecule has 5 heteroatoms. The van der Waals surface area contributed by atoms with E-state index in [2.05, 4.69) is 0 Å². The molecule has 110 valence electrons. The van der Waals surface area contributed by atoms with E-state index in [0.717, 1.165) is 22.4 Å². The van der Waals surface area contributed by atoms with Gasteiger partial charge in [-0.3, -0.25) is 9.59 Å². The molecule has 0 aliphatic heterocycles. The molecule has 0 saturated heterocycles. The van der Waals surface area contributed by atoms with Gasteiger partial charge in [-0.05, 0) is 31.4 Å². The maximum absolute atomic E-state index is 12.2. The molecule has 0 spiro atoms. The zero-order valence-corrected chi connectivity index (χ0v) is 12.9. The van der Waals surface area contributed by atoms with E-state index in [0.29, 0.717) is 12.3 Å². The largest absolute Gasteiger partial charge is 0.372 e. The Morgan fingerprint density at radius 2 is 1.95 bits per heavy atom. The van der Waals surface area contributed by atoms with E-state index in [1.807, 2.05) is 32.0 Å². The highest BCUT2D eigenvalue weighted by Crippen LogP contribution is 2.26. The van der Waals surface area contributed by atoms with Gasteiger partial charge >= 0.3 is 0 Å². The smallest absolute Gasteiger partial charge is 0.259 e. The Hall–Kier alpha value is -1.39. The molecule has 2 amide bonds. The molecule has 0 aliphatic carbocycles. The second-order valence-corrected chi connectivity index (χ2v) is 4.60. The third-order valence-corrected chi connectivity index (χ3v) is 3.20. The van der Waals surface area contributed by atoms with Gasteiger partial charge in [0.15, 0.2) is 0 Å². The second kappa shape index (κ2) is 8.02. The molecule has 4 nitrogen and oxygen atoms in total. The molecule has 1 aromatic rings. The van der Waals surface area contributed by atoms with Crippen LogP contribution in [-0.2, 0) is 20.7 Å². The van der Waals surface area contributed by atoms with Gasteiger partial charge in [-0.2, -0.15) is 0 Å². The number of hydrogen-bond acceptors (Lipinski definition) is 3. The Morgan fingerprint density at radius 1 is 1.25 bits per heavy atom. The summed E-state index contributed by atoms with van der Waals surface area (Å²) in [6.45, 7) is 5.94. The predicted molar refractivity (Wildman–Crippen MR) is 80.3 cm³/mol. The Morgan fingerprint density at radius 3 is 2.50 bits per heavy atom. The summed E-state index contributed by atoms with van der Waals surface area (Å²) >= 11 is 5.64. The van der Waals surface area contributed by atoms with Crippen LogP contribution in [0.15, 0.2) is 18.2 Å². The minimum atomic E-state index is -0.430. The number of imide groups is 1. The van der Waals surface area contributed by atoms with Crippen molar-refractivity contribution in [2.24, 2.45) is 0 Å². The number of carbonyl (C=O) groups excluding carboxylic acids is 2. The number of ether oxygens (including phenoxy) is 1. The quantitative estimate of drug-likeness (QED) is 0.759. The Labute approximate surface area is 124 Å². The van der Waals surface area contributed by atoms with Crippen LogP contribution in [0.4, 0.5) is 5.69 Å². The van der Waals surface area contributed by atoms with Crippen LogP contribution in [0.1, 0.15) is 25.0 Å². The van der Waals surface area contributed by atoms with Crippen molar-refractivity contribution in [1.82, 2.24) is 0 Å². The summed E-state index contributed by atoms with van der Waals surface area (Å²) in [6.07, 6.45) is 0.727. The van der Waals surface area contributed by atoms with E-state index in [1.165, 1.54) is 0 Å². The molecule has 0 saturated carbocycles. The number of amides is 2. The first-order valence-corrected chi connectivity index (χ1v) is 7.18. The molecule has 0 radical (unpaired) electrons. The standard InChI is InChI=1S/C15H20ClNO3/c1-4-12-8-6-7-11(3)15(12)17(13(18)9-16)14(19)10-20-5-2/h6-8H,4-5,9-10H2,1-3H3. The van der Waals surface area contributed by atoms with Crippen LogP contribution in [0.25, 0.3) is 0 Å². The molecule has 0 fully saturated rings. The van der Waals surface area contributed by atoms with Gasteiger partial charge in [-0.15, -0.1) is 11.6 Å². The maximum atomic E-state index is 12.2. The molecule has 0 heterocycles. The third kappa shape index (κ3) is 3.81. The summed E-state index contributed by atoms with van der Waals surface area (Å²) in [5, 5.41) is 0. The van der Waals surface area contributed by atoms with Gasteiger partial charge in [0.2, 0.25) is 5.91 Å². The van der Waals surface area contributed by atoms with Crippen molar-refractivity contribution in [3.05, 3.63) is 29.3 Å². The number of para-hydroxylation sites is 1. The van der Waals surface area contributed by atoms with Crippen LogP contribution in [0.3, 0.4) is 0 Å². The zero-order chi connectivity index (χ0) is 15.1. The minimum absolute atomic E-state index is 0.128. The molecule has 1 aromatic carbocycles. The fraction of sp³-hybridized carbons (Fsp3) is 0.467. The lowest BCUT2D eigenvalue weighted by Crippen LogP contribution is -2.41. The van der Waals surface area contributed by atoms with Crippen molar-refractivity contribution in [1.29, 1.82) is 0 Å². The topological polar surface area (TPSA) is 46.6 Å². The minimum Gasteiger partial charge on any atom is -0.372 e. The second-order valence-electron chi connectivity index (χ2n) is 4.33. The molecule has 0 atom stereocenters. The maximum Gasteiger partial charge on any atom is 0.259 e. The van der Waals surface area contributed by atoms with Crippen LogP contribution in [0, 0.1) is 6.92 Å². The SMILES string of the molecule is CCOCC(=O)N(C(=O)CCl)c1c(C)cccc1CC. The number of benzene rings is 1. The van der Waals surface area contributed by atoms with Crippen LogP contribution < -0.4 is 4.90 Å². The Bertz CT molecular complexity index is 488. The third-order valence-electron chi connectivity index (χ3n) is 2.97. The van der Waals surface area contributed by atoms with Gasteiger partial charge in [0.05, 0.1) is 5.69 Å². The van der Waals surface area contributed by atoms with Gasteiger partial charge in [-0.25, -0.2) is 4.90 Å². The number of aryl methyl sites for hydroxylation is 2. The summed E-state index contributed by atoms with van der Waals surface area (Å²) in [5.74, 6) is -1.06. The number of hydrogen-bond donors (Lipinski definition) is 0. The van der Waals surface area contributed by atoms with E-state index >= 15 is 0 Å². The van der Waals surface area contributed by atoms with E-state index in [9.17, 15) is 9.59 Å². The van der Waals surface area contributed by atoms with Crippen molar-refractivity contribution in [2.75, 3.05) is 24.0 Å². The number of anilines is 1. The fourth-order valence-electron chi connectivity index (χ4n) is 2.03. The van der Waals surface area contributed by atoms with Crippen molar-refractivity contribution in [3.63, 3.8) is 0 Å². The Balaban J connectivity index is 3.24. The van der Waals surface area contributed by atoms with Crippen LogP contribution in [0.5, 0.6) is 0 Å². The predicted octanol–water partition coefficient (Wildman–Crippen LogP) is 2.69. The summed E-state index contributed by atoms with van der Waals surface area (Å²) < 4.78 is 5.12. The molecule has 0 aliphatic rings. The fourth-order valence-corrected chi connectivity index (χ4v) is 2.15. The molecular formula is C15H20ClNO3. The Kier molecular flexibility index (Phi) is 6.68. The molecule has 0 N–H and O–H groups in total. The number of alkyl halides is 1. The van der Waals surface area contributed by atoms with Crippen molar-refractivity contribution in [3.8, 4) is 0 Å². The summed E-state index contributed by atoms with van der Waals surface area (Å²) in [6, 6.07) is 5.69. The van der Waals surface area contributed by atoms with Crippen LogP contribution >= 0.6 is 11.6 Å². The highest BCUT2D eigenvalue weighted by molar-refractivity contribution is 6.33. The van der Waals surface area contributed by atoms with Gasteiger partial charge in [-0.1, -0.05) is 25.1 Å². The van der Waals surface area contributed by atoms with Crippen molar-refractivity contribution in [2.45, 2.75) is 27.2 Å². The van der Waals surface area contributed by atoms with Gasteiger partial charge in [0.25, 0.3) is 5.91 Å². The average Bonchev–Trinajstić information content (AvgIpc) is 2.46. The number of nitrogens with zero attached hydrogens (tertiary/aromatic N) is 1. The lowest BCUT2D eigenvalue weighted by Gasteiger charge is -2.24. The molecule has 0 unspecified atom stereocenters. The van der Waals surface area contributed by atoms with Gasteiger partial charge < -0.3 is 4.74 Å². The lowest BCUT2D eigenvalue weighted by molar-refractivity contribution is -0.128. The lowest BCUT2D eigenvalue weighted by atomic mass is 10.0. The van der Waals surface area contributed by atoms with E-state index in [1.54, 1.807) is 6.92 Å². The molecule has 0 bridgehead atoms. The summed E-state index contributed by atoms with van der Waals surface area (Å²) in [7, 11) is 0. The monoisotopic (exact) mass is 297 g/mol. The number of carbonyl (C=O) groups is 2. The van der Waals surface area contributed by atoms with Crippen LogP contribution in [-0.4, -0.2) is 30.9 Å². The molecule has 0 aromatic heterocycles. The zero-order valence-electron chi connectivity index (χ0n) is 12.1. The number of rotatable bonds is 6. The molecule has 1 rings (SSSR count). The molecule has 20 heavy (non-hydrogen) atoms. The van der Waals surface area contributed by atoms with E-state index in [-0.39, 0.29) is 18.4 Å². The van der Waals surface area contributed by atoms with Gasteiger partial charge in [0, 0.05) is 6.61 Å². The summed E-state index contributed by atoms with van der Waals surface area (Å²) in [5.41, 5.74) is 2.44. The highest BCUT2D eigenvalue weighted by atomic mass is 35.5. The van der Waals surface area contributed by atoms with E-state index < -0.39 is 5.91 Å². The normalized spacial score (nSPS) is 10.4.